The van der Waals surface area contributed by atoms with Gasteiger partial charge < -0.3 is 9.42 Å². The Morgan fingerprint density at radius 2 is 2.00 bits per heavy atom. The van der Waals surface area contributed by atoms with Crippen molar-refractivity contribution in [2.24, 2.45) is 0 Å². The Morgan fingerprint density at radius 3 is 2.67 bits per heavy atom. The quantitative estimate of drug-likeness (QED) is 0.662. The normalized spacial score (nSPS) is 10.6. The van der Waals surface area contributed by atoms with Gasteiger partial charge in [-0.25, -0.2) is 0 Å². The lowest BCUT2D eigenvalue weighted by molar-refractivity contribution is 0.0774. The number of hydrogen-bond donors (Lipinski definition) is 0. The minimum Gasteiger partial charge on any atom is -0.337 e. The first-order valence-electron chi connectivity index (χ1n) is 7.15. The van der Waals surface area contributed by atoms with Gasteiger partial charge in [0.25, 0.3) is 5.91 Å². The summed E-state index contributed by atoms with van der Waals surface area (Å²) in [7, 11) is 1.64. The molecule has 0 bridgehead atoms. The lowest BCUT2D eigenvalue weighted by Crippen LogP contribution is -2.25. The van der Waals surface area contributed by atoms with E-state index in [0.717, 1.165) is 0 Å². The number of ketones is 1. The van der Waals surface area contributed by atoms with Crippen molar-refractivity contribution < 1.29 is 14.1 Å². The van der Waals surface area contributed by atoms with Gasteiger partial charge >= 0.3 is 0 Å². The van der Waals surface area contributed by atoms with Gasteiger partial charge in [-0.1, -0.05) is 11.2 Å². The maximum atomic E-state index is 12.4. The number of aromatic nitrogens is 3. The molecule has 3 aromatic heterocycles. The maximum absolute atomic E-state index is 12.4. The van der Waals surface area contributed by atoms with Crippen molar-refractivity contribution in [1.29, 1.82) is 0 Å². The van der Waals surface area contributed by atoms with Crippen molar-refractivity contribution in [3.8, 4) is 11.5 Å². The monoisotopic (exact) mass is 342 g/mol. The van der Waals surface area contributed by atoms with Crippen LogP contribution in [0.25, 0.3) is 11.5 Å². The van der Waals surface area contributed by atoms with Crippen molar-refractivity contribution in [3.63, 3.8) is 0 Å². The van der Waals surface area contributed by atoms with Crippen LogP contribution in [0.3, 0.4) is 0 Å². The molecule has 0 atom stereocenters. The predicted octanol–water partition coefficient (Wildman–Crippen LogP) is 2.67. The SMILES string of the molecule is CC(=O)c1ccc(C(=O)N(C)Cc2nc(-c3ccccn3)no2)s1. The van der Waals surface area contributed by atoms with Crippen LogP contribution in [0.15, 0.2) is 41.1 Å². The summed E-state index contributed by atoms with van der Waals surface area (Å²) >= 11 is 1.17. The summed E-state index contributed by atoms with van der Waals surface area (Å²) in [5.41, 5.74) is 0.603. The van der Waals surface area contributed by atoms with E-state index in [0.29, 0.717) is 27.2 Å². The highest BCUT2D eigenvalue weighted by Crippen LogP contribution is 2.19. The number of nitrogens with zero attached hydrogens (tertiary/aromatic N) is 4. The van der Waals surface area contributed by atoms with Crippen LogP contribution in [0, 0.1) is 0 Å². The fourth-order valence-electron chi connectivity index (χ4n) is 2.02. The Balaban J connectivity index is 1.70. The zero-order chi connectivity index (χ0) is 17.1. The topological polar surface area (TPSA) is 89.2 Å². The number of pyridine rings is 1. The fraction of sp³-hybridized carbons (Fsp3) is 0.188. The molecule has 1 amide bonds. The van der Waals surface area contributed by atoms with Crippen LogP contribution >= 0.6 is 11.3 Å². The molecule has 3 rings (SSSR count). The average Bonchev–Trinajstić information content (AvgIpc) is 3.24. The molecule has 0 spiro atoms. The fourth-order valence-corrected chi connectivity index (χ4v) is 2.92. The van der Waals surface area contributed by atoms with Gasteiger partial charge in [0.15, 0.2) is 5.78 Å². The van der Waals surface area contributed by atoms with Crippen molar-refractivity contribution in [1.82, 2.24) is 20.0 Å². The first-order chi connectivity index (χ1) is 11.5. The summed E-state index contributed by atoms with van der Waals surface area (Å²) in [6.45, 7) is 1.65. The molecule has 24 heavy (non-hydrogen) atoms. The molecule has 0 fully saturated rings. The highest BCUT2D eigenvalue weighted by atomic mass is 32.1. The van der Waals surface area contributed by atoms with E-state index in [-0.39, 0.29) is 18.2 Å². The van der Waals surface area contributed by atoms with Gasteiger partial charge in [0, 0.05) is 13.2 Å². The lowest BCUT2D eigenvalue weighted by Gasteiger charge is -2.13. The number of rotatable bonds is 5. The molecule has 3 aromatic rings. The molecular weight excluding hydrogens is 328 g/mol. The van der Waals surface area contributed by atoms with E-state index in [2.05, 4.69) is 15.1 Å². The van der Waals surface area contributed by atoms with E-state index in [1.807, 2.05) is 6.07 Å². The Kier molecular flexibility index (Phi) is 4.48. The number of hydrogen-bond acceptors (Lipinski definition) is 7. The molecule has 122 valence electrons. The van der Waals surface area contributed by atoms with Gasteiger partial charge in [0.1, 0.15) is 12.2 Å². The third-order valence-electron chi connectivity index (χ3n) is 3.24. The van der Waals surface area contributed by atoms with Crippen LogP contribution in [0.2, 0.25) is 0 Å². The second kappa shape index (κ2) is 6.71. The predicted molar refractivity (Wildman–Crippen MR) is 87.7 cm³/mol. The van der Waals surface area contributed by atoms with E-state index >= 15 is 0 Å². The van der Waals surface area contributed by atoms with E-state index in [1.165, 1.54) is 23.2 Å². The van der Waals surface area contributed by atoms with E-state index in [4.69, 9.17) is 4.52 Å². The molecule has 0 aliphatic rings. The van der Waals surface area contributed by atoms with Crippen LogP contribution in [0.5, 0.6) is 0 Å². The smallest absolute Gasteiger partial charge is 0.264 e. The van der Waals surface area contributed by atoms with Crippen LogP contribution in [0.1, 0.15) is 32.2 Å². The maximum Gasteiger partial charge on any atom is 0.264 e. The summed E-state index contributed by atoms with van der Waals surface area (Å²) in [4.78, 5) is 34.6. The molecule has 0 unspecified atom stereocenters. The van der Waals surface area contributed by atoms with Crippen LogP contribution in [0.4, 0.5) is 0 Å². The van der Waals surface area contributed by atoms with E-state index in [1.54, 1.807) is 37.5 Å². The molecule has 0 radical (unpaired) electrons. The molecule has 0 saturated heterocycles. The third-order valence-corrected chi connectivity index (χ3v) is 4.42. The van der Waals surface area contributed by atoms with Gasteiger partial charge in [-0.3, -0.25) is 14.6 Å². The molecule has 7 nitrogen and oxygen atoms in total. The summed E-state index contributed by atoms with van der Waals surface area (Å²) in [6.07, 6.45) is 1.64. The van der Waals surface area contributed by atoms with Crippen molar-refractivity contribution in [2.75, 3.05) is 7.05 Å². The highest BCUT2D eigenvalue weighted by Gasteiger charge is 2.18. The number of thiophene rings is 1. The van der Waals surface area contributed by atoms with Gasteiger partial charge in [0.2, 0.25) is 11.7 Å². The second-order valence-corrected chi connectivity index (χ2v) is 6.19. The zero-order valence-corrected chi connectivity index (χ0v) is 13.9. The molecule has 0 saturated carbocycles. The molecule has 8 heteroatoms. The summed E-state index contributed by atoms with van der Waals surface area (Å²) in [6, 6.07) is 8.70. The molecule has 0 N–H and O–H groups in total. The first-order valence-corrected chi connectivity index (χ1v) is 7.96. The average molecular weight is 342 g/mol. The molecule has 0 aromatic carbocycles. The van der Waals surface area contributed by atoms with Crippen molar-refractivity contribution in [3.05, 3.63) is 52.2 Å². The third kappa shape index (κ3) is 3.38. The van der Waals surface area contributed by atoms with Gasteiger partial charge in [-0.05, 0) is 31.2 Å². The van der Waals surface area contributed by atoms with Gasteiger partial charge in [-0.2, -0.15) is 4.98 Å². The molecular formula is C16H14N4O3S. The first kappa shape index (κ1) is 16.0. The standard InChI is InChI=1S/C16H14N4O3S/c1-10(21)12-6-7-13(24-12)16(22)20(2)9-14-18-15(19-23-14)11-5-3-4-8-17-11/h3-8H,9H2,1-2H3. The lowest BCUT2D eigenvalue weighted by atomic mass is 10.3. The summed E-state index contributed by atoms with van der Waals surface area (Å²) in [5.74, 6) is 0.431. The largest absolute Gasteiger partial charge is 0.337 e. The zero-order valence-electron chi connectivity index (χ0n) is 13.1. The minimum absolute atomic E-state index is 0.0568. The van der Waals surface area contributed by atoms with Gasteiger partial charge in [0.05, 0.1) is 9.75 Å². The summed E-state index contributed by atoms with van der Waals surface area (Å²) in [5, 5.41) is 3.87. The van der Waals surface area contributed by atoms with Crippen LogP contribution < -0.4 is 0 Å². The molecule has 0 aliphatic carbocycles. The molecule has 0 aliphatic heterocycles. The van der Waals surface area contributed by atoms with E-state index in [9.17, 15) is 9.59 Å². The number of amides is 1. The highest BCUT2D eigenvalue weighted by molar-refractivity contribution is 7.15. The Bertz CT molecular complexity index is 872. The Hall–Kier alpha value is -2.87. The Morgan fingerprint density at radius 1 is 1.21 bits per heavy atom. The Labute approximate surface area is 141 Å². The van der Waals surface area contributed by atoms with Crippen molar-refractivity contribution in [2.45, 2.75) is 13.5 Å². The van der Waals surface area contributed by atoms with Crippen LogP contribution in [-0.2, 0) is 6.54 Å². The number of carbonyl (C=O) groups excluding carboxylic acids is 2. The molecule has 3 heterocycles. The van der Waals surface area contributed by atoms with Crippen LogP contribution in [-0.4, -0.2) is 38.8 Å². The summed E-state index contributed by atoms with van der Waals surface area (Å²) < 4.78 is 5.17. The van der Waals surface area contributed by atoms with E-state index < -0.39 is 0 Å². The number of carbonyl (C=O) groups is 2. The second-order valence-electron chi connectivity index (χ2n) is 5.11. The van der Waals surface area contributed by atoms with Crippen molar-refractivity contribution >= 4 is 23.0 Å². The minimum atomic E-state index is -0.204. The number of Topliss-reactive ketones (excluding diaryl/α,β-unsaturated/α-hetero) is 1. The van der Waals surface area contributed by atoms with Gasteiger partial charge in [-0.15, -0.1) is 11.3 Å².